The van der Waals surface area contributed by atoms with Crippen molar-refractivity contribution in [2.75, 3.05) is 0 Å². The number of phenolic OH excluding ortho intramolecular Hbond substituents is 1. The number of aromatic hydroxyl groups is 1. The number of phenols is 1. The molecule has 1 aromatic carbocycles. The molecular formula is C10H10O3. The lowest BCUT2D eigenvalue weighted by atomic mass is 9.98. The summed E-state index contributed by atoms with van der Waals surface area (Å²) < 4.78 is 0. The van der Waals surface area contributed by atoms with Gasteiger partial charge in [-0.2, -0.15) is 0 Å². The lowest BCUT2D eigenvalue weighted by Gasteiger charge is -2.15. The number of fused-ring (bicyclic) bond motifs is 1. The Morgan fingerprint density at radius 1 is 1.46 bits per heavy atom. The van der Waals surface area contributed by atoms with Gasteiger partial charge in [0.05, 0.1) is 0 Å². The summed E-state index contributed by atoms with van der Waals surface area (Å²) in [6, 6.07) is 4.87. The zero-order valence-electron chi connectivity index (χ0n) is 7.03. The van der Waals surface area contributed by atoms with E-state index < -0.39 is 5.60 Å². The molecule has 0 fully saturated rings. The Hall–Kier alpha value is -1.35. The Morgan fingerprint density at radius 2 is 2.23 bits per heavy atom. The van der Waals surface area contributed by atoms with Gasteiger partial charge in [0.1, 0.15) is 11.4 Å². The van der Waals surface area contributed by atoms with Gasteiger partial charge < -0.3 is 10.2 Å². The second kappa shape index (κ2) is 2.57. The summed E-state index contributed by atoms with van der Waals surface area (Å²) in [7, 11) is 0. The van der Waals surface area contributed by atoms with Crippen LogP contribution in [0.4, 0.5) is 0 Å². The minimum absolute atomic E-state index is 0.162. The number of aliphatic hydroxyl groups is 1. The first-order chi connectivity index (χ1) is 6.17. The van der Waals surface area contributed by atoms with Crippen LogP contribution < -0.4 is 0 Å². The van der Waals surface area contributed by atoms with Gasteiger partial charge in [-0.15, -0.1) is 0 Å². The Bertz CT molecular complexity index is 359. The largest absolute Gasteiger partial charge is 0.508 e. The van der Waals surface area contributed by atoms with Crippen molar-refractivity contribution >= 4 is 6.29 Å². The van der Waals surface area contributed by atoms with Crippen LogP contribution in [0.15, 0.2) is 18.2 Å². The standard InChI is InChI=1S/C10H10O3/c11-6-10(13)5-4-7-8(10)2-1-3-9(7)12/h1-3,6,12-13H,4-5H2. The third-order valence-corrected chi connectivity index (χ3v) is 2.57. The van der Waals surface area contributed by atoms with E-state index in [0.717, 1.165) is 0 Å². The van der Waals surface area contributed by atoms with Crippen LogP contribution in [0.5, 0.6) is 5.75 Å². The van der Waals surface area contributed by atoms with Crippen molar-refractivity contribution in [3.05, 3.63) is 29.3 Å². The minimum atomic E-state index is -1.38. The second-order valence-electron chi connectivity index (χ2n) is 3.35. The topological polar surface area (TPSA) is 57.5 Å². The fraction of sp³-hybridized carbons (Fsp3) is 0.300. The van der Waals surface area contributed by atoms with Gasteiger partial charge in [-0.05, 0) is 24.5 Å². The van der Waals surface area contributed by atoms with E-state index in [2.05, 4.69) is 0 Å². The van der Waals surface area contributed by atoms with E-state index >= 15 is 0 Å². The van der Waals surface area contributed by atoms with Crippen LogP contribution in [-0.4, -0.2) is 16.5 Å². The average Bonchev–Trinajstić information content (AvgIpc) is 2.47. The molecule has 1 atom stereocenters. The van der Waals surface area contributed by atoms with E-state index in [-0.39, 0.29) is 5.75 Å². The Balaban J connectivity index is 2.61. The molecule has 1 aromatic rings. The predicted molar refractivity (Wildman–Crippen MR) is 46.4 cm³/mol. The lowest BCUT2D eigenvalue weighted by Crippen LogP contribution is -2.23. The quantitative estimate of drug-likeness (QED) is 0.623. The maximum atomic E-state index is 10.7. The summed E-state index contributed by atoms with van der Waals surface area (Å²) in [5.74, 6) is 0.162. The summed E-state index contributed by atoms with van der Waals surface area (Å²) in [6.45, 7) is 0. The number of hydrogen-bond acceptors (Lipinski definition) is 3. The summed E-state index contributed by atoms with van der Waals surface area (Å²) in [4.78, 5) is 10.7. The van der Waals surface area contributed by atoms with Gasteiger partial charge >= 0.3 is 0 Å². The molecule has 3 heteroatoms. The van der Waals surface area contributed by atoms with Crippen molar-refractivity contribution in [3.8, 4) is 5.75 Å². The molecule has 0 amide bonds. The smallest absolute Gasteiger partial charge is 0.156 e. The van der Waals surface area contributed by atoms with E-state index in [9.17, 15) is 15.0 Å². The van der Waals surface area contributed by atoms with Crippen LogP contribution >= 0.6 is 0 Å². The minimum Gasteiger partial charge on any atom is -0.508 e. The fourth-order valence-electron chi connectivity index (χ4n) is 1.82. The number of benzene rings is 1. The van der Waals surface area contributed by atoms with E-state index in [1.54, 1.807) is 18.2 Å². The molecule has 13 heavy (non-hydrogen) atoms. The number of carbonyl (C=O) groups is 1. The Morgan fingerprint density at radius 3 is 2.92 bits per heavy atom. The summed E-state index contributed by atoms with van der Waals surface area (Å²) >= 11 is 0. The second-order valence-corrected chi connectivity index (χ2v) is 3.35. The number of aldehydes is 1. The van der Waals surface area contributed by atoms with Crippen LogP contribution in [0.3, 0.4) is 0 Å². The number of hydrogen-bond donors (Lipinski definition) is 2. The average molecular weight is 178 g/mol. The molecule has 0 spiro atoms. The van der Waals surface area contributed by atoms with Gasteiger partial charge in [0.2, 0.25) is 0 Å². The van der Waals surface area contributed by atoms with Crippen LogP contribution in [0, 0.1) is 0 Å². The highest BCUT2D eigenvalue weighted by molar-refractivity contribution is 5.70. The van der Waals surface area contributed by atoms with Crippen LogP contribution in [0.1, 0.15) is 17.5 Å². The first-order valence-electron chi connectivity index (χ1n) is 4.17. The molecule has 0 saturated heterocycles. The highest BCUT2D eigenvalue weighted by Crippen LogP contribution is 2.39. The summed E-state index contributed by atoms with van der Waals surface area (Å²) in [5, 5.41) is 19.2. The summed E-state index contributed by atoms with van der Waals surface area (Å²) in [6.07, 6.45) is 1.46. The molecule has 68 valence electrons. The molecule has 0 saturated carbocycles. The zero-order chi connectivity index (χ0) is 9.47. The maximum absolute atomic E-state index is 10.7. The predicted octanol–water partition coefficient (Wildman–Crippen LogP) is 0.725. The monoisotopic (exact) mass is 178 g/mol. The first-order valence-corrected chi connectivity index (χ1v) is 4.17. The molecule has 0 radical (unpaired) electrons. The fourth-order valence-corrected chi connectivity index (χ4v) is 1.82. The Labute approximate surface area is 75.6 Å². The normalized spacial score (nSPS) is 25.6. The molecule has 0 bridgehead atoms. The van der Waals surface area contributed by atoms with Crippen molar-refractivity contribution in [2.24, 2.45) is 0 Å². The van der Waals surface area contributed by atoms with Gasteiger partial charge in [-0.3, -0.25) is 4.79 Å². The van der Waals surface area contributed by atoms with Crippen LogP contribution in [0.2, 0.25) is 0 Å². The van der Waals surface area contributed by atoms with Gasteiger partial charge in [0.25, 0.3) is 0 Å². The number of carbonyl (C=O) groups excluding carboxylic acids is 1. The van der Waals surface area contributed by atoms with Crippen molar-refractivity contribution in [1.82, 2.24) is 0 Å². The molecule has 0 aromatic heterocycles. The maximum Gasteiger partial charge on any atom is 0.156 e. The van der Waals surface area contributed by atoms with Crippen molar-refractivity contribution in [3.63, 3.8) is 0 Å². The molecule has 1 unspecified atom stereocenters. The highest BCUT2D eigenvalue weighted by Gasteiger charge is 2.37. The van der Waals surface area contributed by atoms with E-state index in [4.69, 9.17) is 0 Å². The molecule has 2 rings (SSSR count). The molecule has 0 heterocycles. The number of rotatable bonds is 1. The van der Waals surface area contributed by atoms with Gasteiger partial charge in [0, 0.05) is 5.56 Å². The third-order valence-electron chi connectivity index (χ3n) is 2.57. The van der Waals surface area contributed by atoms with Crippen LogP contribution in [-0.2, 0) is 16.8 Å². The van der Waals surface area contributed by atoms with E-state index in [0.29, 0.717) is 30.3 Å². The lowest BCUT2D eigenvalue weighted by molar-refractivity contribution is -0.124. The molecule has 2 N–H and O–H groups in total. The zero-order valence-corrected chi connectivity index (χ0v) is 7.03. The first kappa shape index (κ1) is 8.26. The van der Waals surface area contributed by atoms with Gasteiger partial charge in [0.15, 0.2) is 6.29 Å². The summed E-state index contributed by atoms with van der Waals surface area (Å²) in [5.41, 5.74) is -0.145. The van der Waals surface area contributed by atoms with Crippen molar-refractivity contribution in [2.45, 2.75) is 18.4 Å². The van der Waals surface area contributed by atoms with Crippen molar-refractivity contribution in [1.29, 1.82) is 0 Å². The highest BCUT2D eigenvalue weighted by atomic mass is 16.3. The Kier molecular flexibility index (Phi) is 1.63. The molecular weight excluding hydrogens is 168 g/mol. The van der Waals surface area contributed by atoms with Gasteiger partial charge in [-0.25, -0.2) is 0 Å². The SMILES string of the molecule is O=CC1(O)CCc2c(O)cccc21. The van der Waals surface area contributed by atoms with E-state index in [1.807, 2.05) is 0 Å². The molecule has 0 aliphatic heterocycles. The van der Waals surface area contributed by atoms with E-state index in [1.165, 1.54) is 0 Å². The van der Waals surface area contributed by atoms with Gasteiger partial charge in [-0.1, -0.05) is 12.1 Å². The third kappa shape index (κ3) is 1.04. The van der Waals surface area contributed by atoms with Crippen molar-refractivity contribution < 1.29 is 15.0 Å². The molecule has 1 aliphatic rings. The molecule has 1 aliphatic carbocycles. The van der Waals surface area contributed by atoms with Crippen LogP contribution in [0.25, 0.3) is 0 Å². The molecule has 3 nitrogen and oxygen atoms in total.